The number of sulfonamides is 1. The maximum atomic E-state index is 12.4. The number of ether oxygens (including phenoxy) is 1. The van der Waals surface area contributed by atoms with Gasteiger partial charge in [0.05, 0.1) is 13.2 Å². The van der Waals surface area contributed by atoms with Crippen LogP contribution >= 0.6 is 0 Å². The molecule has 0 amide bonds. The molecule has 114 valence electrons. The van der Waals surface area contributed by atoms with Crippen molar-refractivity contribution in [3.8, 4) is 0 Å². The molecule has 0 aromatic carbocycles. The summed E-state index contributed by atoms with van der Waals surface area (Å²) in [4.78, 5) is 2.56. The molecule has 1 fully saturated rings. The van der Waals surface area contributed by atoms with Gasteiger partial charge in [-0.15, -0.1) is 4.83 Å². The lowest BCUT2D eigenvalue weighted by atomic mass is 10.2. The summed E-state index contributed by atoms with van der Waals surface area (Å²) in [6.07, 6.45) is 0. The fourth-order valence-corrected chi connectivity index (χ4v) is 3.30. The van der Waals surface area contributed by atoms with Crippen molar-refractivity contribution >= 4 is 10.0 Å². The highest BCUT2D eigenvalue weighted by Gasteiger charge is 2.26. The number of aromatic nitrogens is 2. The van der Waals surface area contributed by atoms with Gasteiger partial charge in [-0.1, -0.05) is 6.92 Å². The number of morpholine rings is 1. The lowest BCUT2D eigenvalue weighted by Crippen LogP contribution is -2.48. The molecule has 0 aliphatic carbocycles. The van der Waals surface area contributed by atoms with Gasteiger partial charge >= 0.3 is 0 Å². The van der Waals surface area contributed by atoms with Crippen LogP contribution in [0.2, 0.25) is 0 Å². The van der Waals surface area contributed by atoms with Gasteiger partial charge in [0.1, 0.15) is 0 Å². The molecular weight excluding hydrogens is 282 g/mol. The summed E-state index contributed by atoms with van der Waals surface area (Å²) < 4.78 is 30.0. The van der Waals surface area contributed by atoms with E-state index in [2.05, 4.69) is 20.3 Å². The number of aryl methyl sites for hydroxylation is 1. The zero-order valence-corrected chi connectivity index (χ0v) is 12.6. The molecule has 0 saturated carbocycles. The molecule has 2 heterocycles. The van der Waals surface area contributed by atoms with E-state index in [0.717, 1.165) is 12.2 Å². The molecule has 1 aliphatic heterocycles. The molecule has 0 atom stereocenters. The minimum absolute atomic E-state index is 0.0578. The molecule has 3 N–H and O–H groups in total. The summed E-state index contributed by atoms with van der Waals surface area (Å²) in [5.41, 5.74) is 1.43. The summed E-state index contributed by atoms with van der Waals surface area (Å²) in [7, 11) is -3.66. The maximum absolute atomic E-state index is 12.4. The van der Waals surface area contributed by atoms with Crippen molar-refractivity contribution in [1.29, 1.82) is 0 Å². The van der Waals surface area contributed by atoms with Gasteiger partial charge in [0.25, 0.3) is 10.0 Å². The lowest BCUT2D eigenvalue weighted by Gasteiger charge is -2.26. The van der Waals surface area contributed by atoms with Gasteiger partial charge in [-0.2, -0.15) is 5.10 Å². The largest absolute Gasteiger partial charge is 0.379 e. The van der Waals surface area contributed by atoms with E-state index in [1.54, 1.807) is 5.01 Å². The standard InChI is InChI=1S/C11H21N5O3S/c1-3-12-8-10-9(2)13-14-11(10)20(17,18)15-16-4-6-19-7-5-16/h12,15H,3-8H2,1-2H3,(H,13,14). The first-order chi connectivity index (χ1) is 9.54. The highest BCUT2D eigenvalue weighted by molar-refractivity contribution is 7.89. The molecule has 0 bridgehead atoms. The highest BCUT2D eigenvalue weighted by Crippen LogP contribution is 2.16. The minimum Gasteiger partial charge on any atom is -0.379 e. The van der Waals surface area contributed by atoms with Crippen LogP contribution in [0.4, 0.5) is 0 Å². The molecule has 0 radical (unpaired) electrons. The monoisotopic (exact) mass is 303 g/mol. The average Bonchev–Trinajstić information content (AvgIpc) is 2.79. The number of nitrogens with one attached hydrogen (secondary N) is 3. The second-order valence-electron chi connectivity index (χ2n) is 4.61. The third-order valence-corrected chi connectivity index (χ3v) is 4.45. The number of hydrogen-bond donors (Lipinski definition) is 3. The number of nitrogens with zero attached hydrogens (tertiary/aromatic N) is 2. The zero-order valence-electron chi connectivity index (χ0n) is 11.8. The average molecular weight is 303 g/mol. The molecule has 1 aromatic rings. The summed E-state index contributed by atoms with van der Waals surface area (Å²) >= 11 is 0. The predicted molar refractivity (Wildman–Crippen MR) is 73.4 cm³/mol. The Morgan fingerprint density at radius 1 is 1.40 bits per heavy atom. The van der Waals surface area contributed by atoms with E-state index in [0.29, 0.717) is 38.4 Å². The highest BCUT2D eigenvalue weighted by atomic mass is 32.2. The van der Waals surface area contributed by atoms with Crippen LogP contribution in [0.3, 0.4) is 0 Å². The molecule has 2 rings (SSSR count). The van der Waals surface area contributed by atoms with E-state index in [1.807, 2.05) is 13.8 Å². The quantitative estimate of drug-likeness (QED) is 0.646. The Bertz CT molecular complexity index is 536. The van der Waals surface area contributed by atoms with Crippen LogP contribution < -0.4 is 10.1 Å². The molecule has 1 aliphatic rings. The van der Waals surface area contributed by atoms with Gasteiger partial charge in [-0.3, -0.25) is 5.10 Å². The van der Waals surface area contributed by atoms with Gasteiger partial charge in [-0.25, -0.2) is 13.4 Å². The third-order valence-electron chi connectivity index (χ3n) is 3.10. The summed E-state index contributed by atoms with van der Waals surface area (Å²) in [6, 6.07) is 0. The Balaban J connectivity index is 2.16. The first kappa shape index (κ1) is 15.4. The van der Waals surface area contributed by atoms with Crippen molar-refractivity contribution in [3.05, 3.63) is 11.3 Å². The van der Waals surface area contributed by atoms with Crippen molar-refractivity contribution in [1.82, 2.24) is 25.4 Å². The van der Waals surface area contributed by atoms with E-state index in [1.165, 1.54) is 0 Å². The van der Waals surface area contributed by atoms with Crippen LogP contribution in [-0.4, -0.2) is 56.5 Å². The fraction of sp³-hybridized carbons (Fsp3) is 0.727. The molecule has 0 unspecified atom stereocenters. The van der Waals surface area contributed by atoms with Crippen molar-refractivity contribution in [2.45, 2.75) is 25.4 Å². The molecular formula is C11H21N5O3S. The van der Waals surface area contributed by atoms with Gasteiger partial charge in [0.2, 0.25) is 0 Å². The van der Waals surface area contributed by atoms with Crippen molar-refractivity contribution in [2.75, 3.05) is 32.8 Å². The van der Waals surface area contributed by atoms with Crippen molar-refractivity contribution in [3.63, 3.8) is 0 Å². The normalized spacial score (nSPS) is 17.5. The molecule has 0 spiro atoms. The van der Waals surface area contributed by atoms with Crippen molar-refractivity contribution < 1.29 is 13.2 Å². The van der Waals surface area contributed by atoms with E-state index in [-0.39, 0.29) is 5.03 Å². The fourth-order valence-electron chi connectivity index (χ4n) is 1.98. The molecule has 1 aromatic heterocycles. The topological polar surface area (TPSA) is 99.3 Å². The lowest BCUT2D eigenvalue weighted by molar-refractivity contribution is 0.0272. The summed E-state index contributed by atoms with van der Waals surface area (Å²) in [6.45, 7) is 7.12. The molecule has 9 heteroatoms. The molecule has 8 nitrogen and oxygen atoms in total. The second kappa shape index (κ2) is 6.64. The Hall–Kier alpha value is -1.00. The van der Waals surface area contributed by atoms with Crippen LogP contribution in [0, 0.1) is 6.92 Å². The Morgan fingerprint density at radius 2 is 2.10 bits per heavy atom. The molecule has 1 saturated heterocycles. The number of hydrazine groups is 1. The minimum atomic E-state index is -3.66. The van der Waals surface area contributed by atoms with E-state index < -0.39 is 10.0 Å². The third kappa shape index (κ3) is 3.55. The first-order valence-corrected chi connectivity index (χ1v) is 8.12. The van der Waals surface area contributed by atoms with Gasteiger partial charge in [0, 0.05) is 30.9 Å². The second-order valence-corrected chi connectivity index (χ2v) is 6.18. The van der Waals surface area contributed by atoms with Crippen LogP contribution in [0.1, 0.15) is 18.2 Å². The van der Waals surface area contributed by atoms with Gasteiger partial charge < -0.3 is 10.1 Å². The zero-order chi connectivity index (χ0) is 14.6. The first-order valence-electron chi connectivity index (χ1n) is 6.64. The van der Waals surface area contributed by atoms with Crippen LogP contribution in [0.25, 0.3) is 0 Å². The maximum Gasteiger partial charge on any atom is 0.273 e. The van der Waals surface area contributed by atoms with Crippen LogP contribution in [0.15, 0.2) is 5.03 Å². The molecule has 20 heavy (non-hydrogen) atoms. The number of aromatic amines is 1. The van der Waals surface area contributed by atoms with Crippen LogP contribution in [-0.2, 0) is 21.3 Å². The van der Waals surface area contributed by atoms with E-state index in [9.17, 15) is 8.42 Å². The van der Waals surface area contributed by atoms with Crippen LogP contribution in [0.5, 0.6) is 0 Å². The summed E-state index contributed by atoms with van der Waals surface area (Å²) in [5.74, 6) is 0. The SMILES string of the molecule is CCNCc1c(S(=O)(=O)NN2CCOCC2)n[nH]c1C. The Kier molecular flexibility index (Phi) is 5.11. The van der Waals surface area contributed by atoms with E-state index in [4.69, 9.17) is 4.74 Å². The Morgan fingerprint density at radius 3 is 2.75 bits per heavy atom. The Labute approximate surface area is 118 Å². The van der Waals surface area contributed by atoms with Crippen molar-refractivity contribution in [2.24, 2.45) is 0 Å². The number of rotatable bonds is 6. The van der Waals surface area contributed by atoms with Gasteiger partial charge in [0.15, 0.2) is 5.03 Å². The number of hydrogen-bond acceptors (Lipinski definition) is 6. The predicted octanol–water partition coefficient (Wildman–Crippen LogP) is -0.647. The van der Waals surface area contributed by atoms with E-state index >= 15 is 0 Å². The van der Waals surface area contributed by atoms with Gasteiger partial charge in [-0.05, 0) is 13.5 Å². The number of H-pyrrole nitrogens is 1. The smallest absolute Gasteiger partial charge is 0.273 e. The summed E-state index contributed by atoms with van der Waals surface area (Å²) in [5, 5.41) is 11.5.